The Morgan fingerprint density at radius 3 is 1.87 bits per heavy atom. The summed E-state index contributed by atoms with van der Waals surface area (Å²) in [7, 11) is 0.498. The van der Waals surface area contributed by atoms with Crippen LogP contribution in [0, 0.1) is 20.8 Å². The third-order valence-electron chi connectivity index (χ3n) is 6.00. The minimum absolute atomic E-state index is 0.269. The molecule has 1 aliphatic rings. The van der Waals surface area contributed by atoms with Gasteiger partial charge in [-0.25, -0.2) is 4.79 Å². The molecule has 2 aromatic carbocycles. The highest BCUT2D eigenvalue weighted by atomic mass is 31.1. The number of carbonyl (C=O) groups is 2. The topological polar surface area (TPSA) is 69.7 Å². The first kappa shape index (κ1) is 22.2. The van der Waals surface area contributed by atoms with Crippen molar-refractivity contribution in [3.63, 3.8) is 0 Å². The van der Waals surface area contributed by atoms with Crippen molar-refractivity contribution in [2.45, 2.75) is 51.6 Å². The second-order valence-corrected chi connectivity index (χ2v) is 9.83. The summed E-state index contributed by atoms with van der Waals surface area (Å²) >= 11 is 0. The van der Waals surface area contributed by atoms with E-state index >= 15 is 0 Å². The molecule has 2 aromatic rings. The van der Waals surface area contributed by atoms with Gasteiger partial charge in [0.2, 0.25) is 10.9 Å². The summed E-state index contributed by atoms with van der Waals surface area (Å²) < 4.78 is 24.7. The molecule has 0 heterocycles. The first-order valence-corrected chi connectivity index (χ1v) is 11.4. The third kappa shape index (κ3) is 3.67. The number of methoxy groups -OCH3 is 2. The van der Waals surface area contributed by atoms with Gasteiger partial charge in [-0.15, -0.1) is 0 Å². The molecule has 0 saturated heterocycles. The van der Waals surface area contributed by atoms with Crippen LogP contribution in [0.3, 0.4) is 0 Å². The highest BCUT2D eigenvalue weighted by Gasteiger charge is 2.62. The number of rotatable bonds is 7. The fourth-order valence-corrected chi connectivity index (χ4v) is 6.39. The first-order chi connectivity index (χ1) is 14.3. The van der Waals surface area contributed by atoms with E-state index in [1.54, 1.807) is 12.1 Å². The molecule has 0 bridgehead atoms. The molecule has 0 N–H and O–H groups in total. The van der Waals surface area contributed by atoms with E-state index in [0.717, 1.165) is 29.5 Å². The Kier molecular flexibility index (Phi) is 6.42. The molecule has 6 heteroatoms. The molecule has 5 nitrogen and oxygen atoms in total. The fraction of sp³-hybridized carbons (Fsp3) is 0.417. The second-order valence-electron chi connectivity index (χ2n) is 7.98. The Labute approximate surface area is 178 Å². The van der Waals surface area contributed by atoms with Crippen molar-refractivity contribution in [3.8, 4) is 11.5 Å². The SMILES string of the molecule is COc1cc(C)cc(OC)c1C(=O)C1([P+](=O)C(=O)c2c(C)cccc2C)CCCC1. The lowest BCUT2D eigenvalue weighted by Gasteiger charge is -2.20. The Morgan fingerprint density at radius 2 is 1.40 bits per heavy atom. The molecule has 30 heavy (non-hydrogen) atoms. The Balaban J connectivity index is 2.13. The van der Waals surface area contributed by atoms with Crippen LogP contribution in [0.1, 0.15) is 63.1 Å². The van der Waals surface area contributed by atoms with Crippen molar-refractivity contribution in [3.05, 3.63) is 58.1 Å². The predicted octanol–water partition coefficient (Wildman–Crippen LogP) is 5.79. The van der Waals surface area contributed by atoms with Gasteiger partial charge in [-0.05, 0) is 62.4 Å². The number of hydrogen-bond acceptors (Lipinski definition) is 5. The zero-order valence-electron chi connectivity index (χ0n) is 18.2. The smallest absolute Gasteiger partial charge is 0.434 e. The molecule has 0 aromatic heterocycles. The summed E-state index contributed by atoms with van der Waals surface area (Å²) in [4.78, 5) is 27.3. The van der Waals surface area contributed by atoms with Crippen LogP contribution >= 0.6 is 7.80 Å². The normalized spacial score (nSPS) is 15.6. The lowest BCUT2D eigenvalue weighted by atomic mass is 9.93. The van der Waals surface area contributed by atoms with Crippen LogP contribution in [-0.4, -0.2) is 30.7 Å². The largest absolute Gasteiger partial charge is 0.496 e. The Bertz CT molecular complexity index is 973. The molecule has 1 saturated carbocycles. The number of carbonyl (C=O) groups excluding carboxylic acids is 2. The summed E-state index contributed by atoms with van der Waals surface area (Å²) in [5.74, 6) is 0.437. The van der Waals surface area contributed by atoms with Crippen molar-refractivity contribution in [2.24, 2.45) is 0 Å². The van der Waals surface area contributed by atoms with E-state index in [0.29, 0.717) is 29.9 Å². The first-order valence-electron chi connectivity index (χ1n) is 10.1. The van der Waals surface area contributed by atoms with Crippen molar-refractivity contribution < 1.29 is 23.6 Å². The van der Waals surface area contributed by atoms with Gasteiger partial charge in [-0.1, -0.05) is 22.8 Å². The van der Waals surface area contributed by atoms with Crippen LogP contribution in [0.15, 0.2) is 30.3 Å². The molecule has 3 rings (SSSR count). The van der Waals surface area contributed by atoms with Gasteiger partial charge in [-0.3, -0.25) is 4.79 Å². The molecule has 0 radical (unpaired) electrons. The van der Waals surface area contributed by atoms with E-state index in [1.165, 1.54) is 14.2 Å². The minimum Gasteiger partial charge on any atom is -0.496 e. The van der Waals surface area contributed by atoms with Gasteiger partial charge >= 0.3 is 13.3 Å². The van der Waals surface area contributed by atoms with Crippen LogP contribution in [-0.2, 0) is 4.57 Å². The molecule has 1 aliphatic carbocycles. The van der Waals surface area contributed by atoms with Crippen molar-refractivity contribution in [1.82, 2.24) is 0 Å². The van der Waals surface area contributed by atoms with E-state index in [1.807, 2.05) is 39.0 Å². The molecule has 1 fully saturated rings. The van der Waals surface area contributed by atoms with Gasteiger partial charge in [0.1, 0.15) is 17.1 Å². The predicted molar refractivity (Wildman–Crippen MR) is 118 cm³/mol. The maximum Gasteiger partial charge on any atom is 0.434 e. The summed E-state index contributed by atoms with van der Waals surface area (Å²) in [6, 6.07) is 9.06. The highest BCUT2D eigenvalue weighted by molar-refractivity contribution is 7.67. The van der Waals surface area contributed by atoms with Gasteiger partial charge in [0.25, 0.3) is 0 Å². The Morgan fingerprint density at radius 1 is 0.900 bits per heavy atom. The average Bonchev–Trinajstić information content (AvgIpc) is 3.22. The number of hydrogen-bond donors (Lipinski definition) is 0. The number of ketones is 1. The standard InChI is InChI=1S/C24H28O5P/c1-15-13-18(28-4)21(19(14-15)29-5)22(25)24(11-6-7-12-24)30(27)23(26)20-16(2)9-8-10-17(20)3/h8-10,13-14H,6-7,11-12H2,1-5H3/q+1. The molecular formula is C24H28O5P+. The van der Waals surface area contributed by atoms with Gasteiger partial charge < -0.3 is 9.47 Å². The van der Waals surface area contributed by atoms with Crippen LogP contribution in [0.2, 0.25) is 0 Å². The summed E-state index contributed by atoms with van der Waals surface area (Å²) in [5, 5.41) is -1.24. The number of aryl methyl sites for hydroxylation is 3. The van der Waals surface area contributed by atoms with E-state index in [4.69, 9.17) is 9.47 Å². The van der Waals surface area contributed by atoms with Crippen LogP contribution in [0.4, 0.5) is 0 Å². The van der Waals surface area contributed by atoms with E-state index in [-0.39, 0.29) is 11.3 Å². The lowest BCUT2D eigenvalue weighted by Crippen LogP contribution is -2.34. The molecular weight excluding hydrogens is 399 g/mol. The van der Waals surface area contributed by atoms with Crippen LogP contribution in [0.25, 0.3) is 0 Å². The lowest BCUT2D eigenvalue weighted by molar-refractivity contribution is 0.0925. The molecule has 0 spiro atoms. The molecule has 0 aliphatic heterocycles. The fourth-order valence-electron chi connectivity index (χ4n) is 4.43. The van der Waals surface area contributed by atoms with Gasteiger partial charge in [0.15, 0.2) is 0 Å². The van der Waals surface area contributed by atoms with Crippen LogP contribution < -0.4 is 9.47 Å². The minimum atomic E-state index is -2.49. The van der Waals surface area contributed by atoms with Gasteiger partial charge in [0.05, 0.1) is 19.8 Å². The van der Waals surface area contributed by atoms with Crippen molar-refractivity contribution in [2.75, 3.05) is 14.2 Å². The number of benzene rings is 2. The molecule has 0 amide bonds. The van der Waals surface area contributed by atoms with Gasteiger partial charge in [-0.2, -0.15) is 0 Å². The maximum absolute atomic E-state index is 13.9. The molecule has 1 unspecified atom stereocenters. The zero-order chi connectivity index (χ0) is 22.1. The van der Waals surface area contributed by atoms with Crippen molar-refractivity contribution in [1.29, 1.82) is 0 Å². The van der Waals surface area contributed by atoms with E-state index < -0.39 is 18.5 Å². The summed E-state index contributed by atoms with van der Waals surface area (Å²) in [6.07, 6.45) is 2.34. The molecule has 158 valence electrons. The number of ether oxygens (including phenoxy) is 2. The zero-order valence-corrected chi connectivity index (χ0v) is 19.1. The Hall–Kier alpha value is -2.52. The highest BCUT2D eigenvalue weighted by Crippen LogP contribution is 2.55. The second kappa shape index (κ2) is 8.69. The summed E-state index contributed by atoms with van der Waals surface area (Å²) in [6.45, 7) is 5.55. The van der Waals surface area contributed by atoms with E-state index in [9.17, 15) is 14.2 Å². The number of Topliss-reactive ketones (excluding diaryl/α,β-unsaturated/α-hetero) is 1. The quantitative estimate of drug-likeness (QED) is 0.413. The summed E-state index contributed by atoms with van der Waals surface area (Å²) in [5.41, 5.74) is 2.71. The van der Waals surface area contributed by atoms with Crippen LogP contribution in [0.5, 0.6) is 11.5 Å². The average molecular weight is 427 g/mol. The maximum atomic E-state index is 13.9. The molecule has 1 atom stereocenters. The third-order valence-corrected chi connectivity index (χ3v) is 8.02. The van der Waals surface area contributed by atoms with Gasteiger partial charge in [0, 0.05) is 12.8 Å². The van der Waals surface area contributed by atoms with E-state index in [2.05, 4.69) is 0 Å². The van der Waals surface area contributed by atoms with Crippen molar-refractivity contribution >= 4 is 19.1 Å². The monoisotopic (exact) mass is 427 g/mol.